The summed E-state index contributed by atoms with van der Waals surface area (Å²) in [6.45, 7) is 24.5. The molecule has 1 heterocycles. The Kier molecular flexibility index (Phi) is 18.2. The van der Waals surface area contributed by atoms with Crippen LogP contribution in [0.4, 0.5) is 0 Å². The van der Waals surface area contributed by atoms with Gasteiger partial charge in [0.25, 0.3) is 0 Å². The Hall–Kier alpha value is -4.34. The number of rotatable bonds is 28. The third-order valence-corrected chi connectivity index (χ3v) is 31.0. The Bertz CT molecular complexity index is 3170. The molecule has 0 aromatic rings. The van der Waals surface area contributed by atoms with E-state index in [2.05, 4.69) is 32.9 Å². The fourth-order valence-electron chi connectivity index (χ4n) is 26.7. The van der Waals surface area contributed by atoms with Gasteiger partial charge in [-0.25, -0.2) is 4.79 Å². The maximum atomic E-state index is 16.5. The predicted octanol–water partition coefficient (Wildman–Crippen LogP) is 15.1. The number of hydrogen-bond acceptors (Lipinski definition) is 16. The molecule has 17 rings (SSSR count). The lowest BCUT2D eigenvalue weighted by Crippen LogP contribution is -2.63. The molecular weight excluding hydrogens is 1250 g/mol. The largest absolute Gasteiger partial charge is 0.460 e. The van der Waals surface area contributed by atoms with Crippen molar-refractivity contribution in [3.8, 4) is 0 Å². The van der Waals surface area contributed by atoms with Crippen LogP contribution in [0, 0.1) is 133 Å². The number of hydrogen-bond donors (Lipinski definition) is 1. The SMILES string of the molecule is CCC(C)(CC(C)(CCC(C)(CC(C)(CC(C)(CC)C(=O)OC1(C(C)C)C2CC3CC(C2)CC1C3)C(=O)OC1(C)C2CC3CC(C2)CC1C3)C(=O)OC1C2CC3C(=O)OC1C3C2)C(=O)CC12CC3CC(CC(O)(C3)C1)C2)C(=O)OCC(=O)OC(CC(=O)OC(C)(C)C)C1CC2C=CC1C2. The first-order chi connectivity index (χ1) is 46.4. The first-order valence-electron chi connectivity index (χ1n) is 39.8. The highest BCUT2D eigenvalue weighted by atomic mass is 16.6. The van der Waals surface area contributed by atoms with Crippen LogP contribution >= 0.6 is 0 Å². The van der Waals surface area contributed by atoms with Crippen LogP contribution in [0.2, 0.25) is 0 Å². The molecule has 1 N–H and O–H groups in total. The summed E-state index contributed by atoms with van der Waals surface area (Å²) in [5.41, 5.74) is -10.5. The van der Waals surface area contributed by atoms with Gasteiger partial charge in [0.05, 0.1) is 39.6 Å². The number of Topliss-reactive ketones (excluding diaryl/α,β-unsaturated/α-hetero) is 1. The van der Waals surface area contributed by atoms with Crippen LogP contribution < -0.4 is 0 Å². The van der Waals surface area contributed by atoms with Crippen molar-refractivity contribution >= 4 is 47.6 Å². The Morgan fingerprint density at radius 1 is 0.596 bits per heavy atom. The Morgan fingerprint density at radius 3 is 1.69 bits per heavy atom. The van der Waals surface area contributed by atoms with Crippen molar-refractivity contribution in [2.24, 2.45) is 133 Å². The van der Waals surface area contributed by atoms with Crippen LogP contribution in [-0.4, -0.2) is 100.0 Å². The summed E-state index contributed by atoms with van der Waals surface area (Å²) in [7, 11) is 0. The van der Waals surface area contributed by atoms with Gasteiger partial charge in [0.15, 0.2) is 6.61 Å². The zero-order chi connectivity index (χ0) is 70.7. The topological polar surface area (TPSA) is 221 Å². The van der Waals surface area contributed by atoms with Gasteiger partial charge in [-0.05, 0) is 311 Å². The van der Waals surface area contributed by atoms with E-state index in [1.54, 1.807) is 27.7 Å². The number of aliphatic hydroxyl groups is 1. The first kappa shape index (κ1) is 71.6. The van der Waals surface area contributed by atoms with Crippen LogP contribution in [0.25, 0.3) is 0 Å². The van der Waals surface area contributed by atoms with Gasteiger partial charge >= 0.3 is 41.8 Å². The molecule has 16 fully saturated rings. The minimum absolute atomic E-state index is 0.0185. The number of allylic oxidation sites excluding steroid dienone is 2. The molecule has 16 unspecified atom stereocenters. The fourth-order valence-corrected chi connectivity index (χ4v) is 26.7. The standard InChI is InChI=1S/C83H122O16/c1-14-75(8,70(88)93-41-66(86)94-63(35-65(85)97-74(5,6)7)60-32-47-16-17-54(60)23-47)42-77(10,64(84)40-81-36-52-22-53(37-81)39-82(92,38-52)45-81)18-19-78(11,71(89)96-67-55-33-61-62(34-55)69(87)95-68(61)67)44-79(12,73(91)98-80(13)56-24-48-20-49(26-56)27-57(80)25-48)43-76(9,15-2)72(90)99-83(46(3)4)58-28-50-21-51(30-58)31-59(83)29-50/h16-17,46-63,67-68,92H,14-15,18-45H2,1-13H3. The summed E-state index contributed by atoms with van der Waals surface area (Å²) in [5, 5.41) is 12.1. The van der Waals surface area contributed by atoms with Gasteiger partial charge in [-0.15, -0.1) is 0 Å². The van der Waals surface area contributed by atoms with Crippen LogP contribution in [-0.2, 0) is 71.5 Å². The Labute approximate surface area is 590 Å². The van der Waals surface area contributed by atoms with E-state index in [4.69, 9.17) is 33.2 Å². The molecule has 16 nitrogen and oxygen atoms in total. The van der Waals surface area contributed by atoms with Crippen molar-refractivity contribution in [1.29, 1.82) is 0 Å². The molecule has 16 aliphatic carbocycles. The molecule has 1 aliphatic heterocycles. The molecule has 550 valence electrons. The van der Waals surface area contributed by atoms with Gasteiger partial charge in [-0.1, -0.05) is 46.8 Å². The highest BCUT2D eigenvalue weighted by Crippen LogP contribution is 2.67. The Balaban J connectivity index is 0.792. The molecule has 16 heteroatoms. The maximum absolute atomic E-state index is 16.5. The molecule has 16 atom stereocenters. The molecule has 0 spiro atoms. The van der Waals surface area contributed by atoms with Gasteiger partial charge in [0.2, 0.25) is 0 Å². The van der Waals surface area contributed by atoms with Crippen molar-refractivity contribution in [2.75, 3.05) is 6.61 Å². The number of ketones is 1. The summed E-state index contributed by atoms with van der Waals surface area (Å²) in [6, 6.07) is 0. The van der Waals surface area contributed by atoms with Crippen LogP contribution in [0.5, 0.6) is 0 Å². The molecule has 0 amide bonds. The average molecular weight is 1380 g/mol. The van der Waals surface area contributed by atoms with Crippen molar-refractivity contribution in [1.82, 2.24) is 0 Å². The van der Waals surface area contributed by atoms with Crippen LogP contribution in [0.3, 0.4) is 0 Å². The van der Waals surface area contributed by atoms with Crippen molar-refractivity contribution in [3.05, 3.63) is 12.2 Å². The lowest BCUT2D eigenvalue weighted by atomic mass is 9.46. The summed E-state index contributed by atoms with van der Waals surface area (Å²) >= 11 is 0. The lowest BCUT2D eigenvalue weighted by Gasteiger charge is -2.62. The van der Waals surface area contributed by atoms with Crippen LogP contribution in [0.1, 0.15) is 276 Å². The summed E-state index contributed by atoms with van der Waals surface area (Å²) in [4.78, 5) is 121. The van der Waals surface area contributed by atoms with Crippen LogP contribution in [0.15, 0.2) is 12.2 Å². The lowest BCUT2D eigenvalue weighted by molar-refractivity contribution is -0.234. The van der Waals surface area contributed by atoms with Crippen molar-refractivity contribution in [3.63, 3.8) is 0 Å². The highest BCUT2D eigenvalue weighted by Gasteiger charge is 2.67. The number of ether oxygens (including phenoxy) is 7. The third kappa shape index (κ3) is 12.9. The number of carbonyl (C=O) groups is 8. The Morgan fingerprint density at radius 2 is 1.14 bits per heavy atom. The molecule has 0 aromatic heterocycles. The zero-order valence-corrected chi connectivity index (χ0v) is 62.5. The van der Waals surface area contributed by atoms with E-state index in [-0.39, 0.29) is 128 Å². The second-order valence-electron chi connectivity index (χ2n) is 40.0. The van der Waals surface area contributed by atoms with Gasteiger partial charge < -0.3 is 38.3 Å². The molecule has 1 saturated heterocycles. The normalized spacial score (nSPS) is 42.8. The van der Waals surface area contributed by atoms with Gasteiger partial charge in [0, 0.05) is 29.6 Å². The molecule has 17 aliphatic rings. The van der Waals surface area contributed by atoms with E-state index in [1.807, 2.05) is 41.5 Å². The molecule has 99 heavy (non-hydrogen) atoms. The summed E-state index contributed by atoms with van der Waals surface area (Å²) in [5.74, 6) is 0.346. The third-order valence-electron chi connectivity index (χ3n) is 31.0. The van der Waals surface area contributed by atoms with Gasteiger partial charge in [0.1, 0.15) is 40.9 Å². The smallest absolute Gasteiger partial charge is 0.344 e. The highest BCUT2D eigenvalue weighted by molar-refractivity contribution is 5.88. The molecule has 15 saturated carbocycles. The first-order valence-corrected chi connectivity index (χ1v) is 39.8. The monoisotopic (exact) mass is 1370 g/mol. The maximum Gasteiger partial charge on any atom is 0.344 e. The second-order valence-corrected chi connectivity index (χ2v) is 40.0. The average Bonchev–Trinajstić information content (AvgIpc) is 1.19. The van der Waals surface area contributed by atoms with Gasteiger partial charge in [-0.2, -0.15) is 0 Å². The zero-order valence-electron chi connectivity index (χ0n) is 62.5. The summed E-state index contributed by atoms with van der Waals surface area (Å²) < 4.78 is 45.4. The van der Waals surface area contributed by atoms with E-state index in [9.17, 15) is 19.5 Å². The number of carbonyl (C=O) groups excluding carboxylic acids is 8. The summed E-state index contributed by atoms with van der Waals surface area (Å²) in [6.07, 6.45) is 21.0. The fraction of sp³-hybridized carbons (Fsp3) is 0.880. The minimum Gasteiger partial charge on any atom is -0.460 e. The van der Waals surface area contributed by atoms with Gasteiger partial charge in [-0.3, -0.25) is 33.6 Å². The number of esters is 7. The quantitative estimate of drug-likeness (QED) is 0.0437. The minimum atomic E-state index is -1.56. The van der Waals surface area contributed by atoms with E-state index < -0.39 is 110 Å². The molecule has 0 aromatic carbocycles. The molecular formula is C83H122O16. The second kappa shape index (κ2) is 25.2. The van der Waals surface area contributed by atoms with E-state index >= 15 is 24.0 Å². The van der Waals surface area contributed by atoms with Crippen molar-refractivity contribution in [2.45, 2.75) is 317 Å². The van der Waals surface area contributed by atoms with E-state index in [0.717, 1.165) is 96.3 Å². The molecule has 16 bridgehead atoms. The number of fused-ring (bicyclic) bond motifs is 3. The van der Waals surface area contributed by atoms with E-state index in [0.29, 0.717) is 67.1 Å². The van der Waals surface area contributed by atoms with E-state index in [1.165, 1.54) is 12.8 Å². The predicted molar refractivity (Wildman–Crippen MR) is 368 cm³/mol. The molecule has 0 radical (unpaired) electrons. The van der Waals surface area contributed by atoms with Crippen molar-refractivity contribution < 1.29 is 76.6 Å².